The number of amides is 4. The third kappa shape index (κ3) is 9.06. The van der Waals surface area contributed by atoms with Crippen molar-refractivity contribution < 1.29 is 33.4 Å². The molecule has 3 N–H and O–H groups in total. The Morgan fingerprint density at radius 1 is 1.05 bits per heavy atom. The third-order valence-corrected chi connectivity index (χ3v) is 8.52. The lowest BCUT2D eigenvalue weighted by Gasteiger charge is -2.31. The third-order valence-electron chi connectivity index (χ3n) is 6.10. The van der Waals surface area contributed by atoms with Gasteiger partial charge >= 0.3 is 12.1 Å². The highest BCUT2D eigenvalue weighted by molar-refractivity contribution is 8.76. The lowest BCUT2D eigenvalue weighted by atomic mass is 10.0. The van der Waals surface area contributed by atoms with Gasteiger partial charge in [0.25, 0.3) is 0 Å². The normalized spacial score (nSPS) is 25.0. The Balaban J connectivity index is 1.88. The molecule has 1 aromatic rings. The average molecular weight is 581 g/mol. The molecule has 214 valence electrons. The van der Waals surface area contributed by atoms with Crippen molar-refractivity contribution in [3.63, 3.8) is 0 Å². The highest BCUT2D eigenvalue weighted by Crippen LogP contribution is 2.26. The Hall–Kier alpha value is -2.93. The average Bonchev–Trinajstić information content (AvgIpc) is 3.37. The highest BCUT2D eigenvalue weighted by Gasteiger charge is 2.40. The lowest BCUT2D eigenvalue weighted by Crippen LogP contribution is -2.58. The van der Waals surface area contributed by atoms with Crippen LogP contribution in [0.25, 0.3) is 0 Å². The van der Waals surface area contributed by atoms with E-state index in [-0.39, 0.29) is 17.9 Å². The largest absolute Gasteiger partial charge is 0.467 e. The number of alkyl carbamates (subject to hydrolysis) is 1. The molecule has 0 bridgehead atoms. The molecule has 2 saturated heterocycles. The molecule has 0 spiro atoms. The van der Waals surface area contributed by atoms with Crippen LogP contribution in [0.3, 0.4) is 0 Å². The Labute approximate surface area is 236 Å². The molecule has 11 nitrogen and oxygen atoms in total. The van der Waals surface area contributed by atoms with Gasteiger partial charge in [0.15, 0.2) is 0 Å². The molecule has 0 aliphatic carbocycles. The summed E-state index contributed by atoms with van der Waals surface area (Å²) in [6, 6.07) is 5.47. The number of rotatable bonds is 4. The zero-order valence-corrected chi connectivity index (χ0v) is 24.2. The van der Waals surface area contributed by atoms with Crippen LogP contribution in [0.1, 0.15) is 39.2 Å². The van der Waals surface area contributed by atoms with E-state index in [1.165, 1.54) is 33.6 Å². The van der Waals surface area contributed by atoms with Gasteiger partial charge in [-0.25, -0.2) is 9.59 Å². The Morgan fingerprint density at radius 2 is 1.74 bits per heavy atom. The second-order valence-corrected chi connectivity index (χ2v) is 12.8. The second kappa shape index (κ2) is 13.9. The van der Waals surface area contributed by atoms with Crippen molar-refractivity contribution in [3.8, 4) is 0 Å². The minimum Gasteiger partial charge on any atom is -0.467 e. The van der Waals surface area contributed by atoms with Crippen molar-refractivity contribution in [1.82, 2.24) is 20.9 Å². The quantitative estimate of drug-likeness (QED) is 0.358. The summed E-state index contributed by atoms with van der Waals surface area (Å²) in [4.78, 5) is 66.8. The second-order valence-electron chi connectivity index (χ2n) is 10.3. The number of fused-ring (bicyclic) bond motifs is 1. The van der Waals surface area contributed by atoms with Crippen molar-refractivity contribution in [2.75, 3.05) is 25.2 Å². The van der Waals surface area contributed by atoms with Gasteiger partial charge in [0.1, 0.15) is 29.8 Å². The summed E-state index contributed by atoms with van der Waals surface area (Å²) in [5.41, 5.74) is 0.0615. The Bertz CT molecular complexity index is 1050. The van der Waals surface area contributed by atoms with Crippen molar-refractivity contribution in [2.45, 2.75) is 69.8 Å². The predicted octanol–water partition coefficient (Wildman–Crippen LogP) is 1.65. The summed E-state index contributed by atoms with van der Waals surface area (Å²) in [7, 11) is 3.75. The molecule has 4 amide bonds. The first-order valence-corrected chi connectivity index (χ1v) is 15.2. The van der Waals surface area contributed by atoms with E-state index in [0.717, 1.165) is 5.56 Å². The minimum atomic E-state index is -0.985. The molecule has 4 atom stereocenters. The maximum Gasteiger partial charge on any atom is 0.408 e. The van der Waals surface area contributed by atoms with Gasteiger partial charge < -0.3 is 30.3 Å². The number of ether oxygens (including phenoxy) is 2. The van der Waals surface area contributed by atoms with E-state index in [4.69, 9.17) is 9.47 Å². The van der Waals surface area contributed by atoms with E-state index in [1.807, 2.05) is 30.3 Å². The zero-order chi connectivity index (χ0) is 28.6. The number of carbonyl (C=O) groups excluding carboxylic acids is 5. The van der Waals surface area contributed by atoms with Gasteiger partial charge in [-0.05, 0) is 39.2 Å². The first-order valence-electron chi connectivity index (χ1n) is 12.8. The van der Waals surface area contributed by atoms with E-state index < -0.39 is 59.6 Å². The Kier molecular flexibility index (Phi) is 10.9. The molecular weight excluding hydrogens is 544 g/mol. The minimum absolute atomic E-state index is 0.148. The van der Waals surface area contributed by atoms with Crippen molar-refractivity contribution in [1.29, 1.82) is 0 Å². The molecule has 3 rings (SSSR count). The van der Waals surface area contributed by atoms with E-state index in [2.05, 4.69) is 16.0 Å². The molecular formula is C26H36N4O7S2. The van der Waals surface area contributed by atoms with Crippen LogP contribution in [-0.4, -0.2) is 89.6 Å². The fourth-order valence-electron chi connectivity index (χ4n) is 4.27. The van der Waals surface area contributed by atoms with Crippen LogP contribution in [0, 0.1) is 0 Å². The number of hydrogen-bond donors (Lipinski definition) is 3. The van der Waals surface area contributed by atoms with Crippen LogP contribution in [0.5, 0.6) is 0 Å². The number of carbonyl (C=O) groups is 5. The molecule has 13 heteroatoms. The van der Waals surface area contributed by atoms with Crippen molar-refractivity contribution >= 4 is 51.4 Å². The van der Waals surface area contributed by atoms with Crippen molar-refractivity contribution in [3.05, 3.63) is 35.9 Å². The predicted molar refractivity (Wildman–Crippen MR) is 149 cm³/mol. The maximum absolute atomic E-state index is 13.6. The molecule has 0 unspecified atom stereocenters. The van der Waals surface area contributed by atoms with Crippen molar-refractivity contribution in [2.24, 2.45) is 0 Å². The molecule has 0 saturated carbocycles. The van der Waals surface area contributed by atoms with Crippen LogP contribution in [0.4, 0.5) is 4.79 Å². The molecule has 39 heavy (non-hydrogen) atoms. The molecule has 2 aliphatic rings. The van der Waals surface area contributed by atoms with Gasteiger partial charge in [-0.2, -0.15) is 0 Å². The first kappa shape index (κ1) is 30.6. The van der Waals surface area contributed by atoms with E-state index in [9.17, 15) is 24.0 Å². The summed E-state index contributed by atoms with van der Waals surface area (Å²) in [5.74, 6) is -1.72. The molecule has 2 aliphatic heterocycles. The van der Waals surface area contributed by atoms with Gasteiger partial charge in [-0.15, -0.1) is 0 Å². The molecule has 2 heterocycles. The number of nitrogens with zero attached hydrogens (tertiary/aromatic N) is 1. The van der Waals surface area contributed by atoms with Crippen LogP contribution in [0.2, 0.25) is 0 Å². The fraction of sp³-hybridized carbons (Fsp3) is 0.577. The lowest BCUT2D eigenvalue weighted by molar-refractivity contribution is -0.145. The summed E-state index contributed by atoms with van der Waals surface area (Å²) in [5, 5.41) is 8.17. The number of nitrogens with one attached hydrogen (secondary N) is 3. The van der Waals surface area contributed by atoms with Gasteiger partial charge in [-0.1, -0.05) is 51.9 Å². The summed E-state index contributed by atoms with van der Waals surface area (Å²) >= 11 is 0. The van der Waals surface area contributed by atoms with Gasteiger partial charge in [0.2, 0.25) is 17.7 Å². The summed E-state index contributed by atoms with van der Waals surface area (Å²) in [6.45, 7) is 5.52. The maximum atomic E-state index is 13.6. The molecule has 0 radical (unpaired) electrons. The van der Waals surface area contributed by atoms with Crippen LogP contribution in [-0.2, 0) is 35.1 Å². The van der Waals surface area contributed by atoms with E-state index in [0.29, 0.717) is 19.4 Å². The van der Waals surface area contributed by atoms with E-state index >= 15 is 0 Å². The van der Waals surface area contributed by atoms with Gasteiger partial charge in [0.05, 0.1) is 7.11 Å². The van der Waals surface area contributed by atoms with Crippen LogP contribution >= 0.6 is 21.6 Å². The number of esters is 1. The number of benzene rings is 1. The molecule has 0 aromatic heterocycles. The zero-order valence-electron chi connectivity index (χ0n) is 22.6. The van der Waals surface area contributed by atoms with Gasteiger partial charge in [0, 0.05) is 24.5 Å². The number of methoxy groups -OCH3 is 1. The SMILES string of the molecule is COC(=O)[C@@H]1CSSC[C@H](NC(=O)OC(C)(C)C)C(=O)N2CCC[C@H]2C(=O)N[C@@H](Cc2ccccc2)C(=O)N1. The van der Waals surface area contributed by atoms with E-state index in [1.54, 1.807) is 20.8 Å². The first-order chi connectivity index (χ1) is 18.5. The Morgan fingerprint density at radius 3 is 2.41 bits per heavy atom. The number of hydrogen-bond acceptors (Lipinski definition) is 9. The molecule has 2 fully saturated rings. The van der Waals surface area contributed by atoms with Crippen LogP contribution < -0.4 is 16.0 Å². The standard InChI is InChI=1S/C26H36N4O7S2/c1-26(2,3)37-25(35)29-18-14-38-39-15-19(24(34)36-4)28-21(31)17(13-16-9-6-5-7-10-16)27-22(32)20-11-8-12-30(20)23(18)33/h5-7,9-10,17-20H,8,11-15H2,1-4H3,(H,27,32)(H,28,31)(H,29,35)/t17-,18-,19-,20-/m0/s1. The van der Waals surface area contributed by atoms with Gasteiger partial charge in [-0.3, -0.25) is 14.4 Å². The summed E-state index contributed by atoms with van der Waals surface area (Å²) in [6.07, 6.45) is 0.474. The fourth-order valence-corrected chi connectivity index (χ4v) is 6.57. The monoisotopic (exact) mass is 580 g/mol. The smallest absolute Gasteiger partial charge is 0.408 e. The highest BCUT2D eigenvalue weighted by atomic mass is 33.1. The molecule has 1 aromatic carbocycles. The summed E-state index contributed by atoms with van der Waals surface area (Å²) < 4.78 is 10.2. The van der Waals surface area contributed by atoms with Crippen LogP contribution in [0.15, 0.2) is 30.3 Å². The topological polar surface area (TPSA) is 143 Å².